The van der Waals surface area contributed by atoms with Crippen molar-refractivity contribution in [2.45, 2.75) is 0 Å². The number of rotatable bonds is 0. The highest BCUT2D eigenvalue weighted by Gasteiger charge is 1.99. The van der Waals surface area contributed by atoms with Crippen molar-refractivity contribution in [2.24, 2.45) is 0 Å². The summed E-state index contributed by atoms with van der Waals surface area (Å²) in [6.07, 6.45) is 0. The Kier molecular flexibility index (Phi) is 0.768. The average Bonchev–Trinajstić information content (AvgIpc) is 1.98. The number of nitrogens with zero attached hydrogens (tertiary/aromatic N) is 1. The van der Waals surface area contributed by atoms with Crippen LogP contribution in [0.25, 0.3) is 0 Å². The van der Waals surface area contributed by atoms with E-state index in [4.69, 9.17) is 17.2 Å². The Hall–Kier alpha value is -1.39. The van der Waals surface area contributed by atoms with Crippen LogP contribution >= 0.6 is 0 Å². The number of hydrogen-bond acceptors (Lipinski definition) is 4. The lowest BCUT2D eigenvalue weighted by Gasteiger charge is -1.84. The van der Waals surface area contributed by atoms with E-state index in [-0.39, 0.29) is 5.82 Å². The summed E-state index contributed by atoms with van der Waals surface area (Å²) in [6.45, 7) is 0. The summed E-state index contributed by atoms with van der Waals surface area (Å²) in [6, 6.07) is 0. The van der Waals surface area contributed by atoms with Crippen LogP contribution in [0.4, 0.5) is 17.3 Å². The fraction of sp³-hybridized carbons (Fsp3) is 0. The zero-order valence-electron chi connectivity index (χ0n) is 4.18. The first-order chi connectivity index (χ1) is 3.72. The SMILES string of the molecule is Nc1n[nH]c(N)c1N. The summed E-state index contributed by atoms with van der Waals surface area (Å²) in [5.41, 5.74) is 16.0. The molecule has 0 aliphatic carbocycles. The van der Waals surface area contributed by atoms with E-state index in [0.717, 1.165) is 0 Å². The molecule has 0 unspecified atom stereocenters. The topological polar surface area (TPSA) is 107 Å². The zero-order valence-corrected chi connectivity index (χ0v) is 4.18. The smallest absolute Gasteiger partial charge is 0.170 e. The molecular formula is C3H7N5. The Balaban J connectivity index is 3.19. The van der Waals surface area contributed by atoms with Gasteiger partial charge in [-0.2, -0.15) is 5.10 Å². The molecule has 0 spiro atoms. The maximum absolute atomic E-state index is 5.26. The summed E-state index contributed by atoms with van der Waals surface area (Å²) < 4.78 is 0. The van der Waals surface area contributed by atoms with Gasteiger partial charge in [0.1, 0.15) is 11.5 Å². The Bertz CT molecular complexity index is 170. The predicted octanol–water partition coefficient (Wildman–Crippen LogP) is -0.844. The minimum atomic E-state index is 0.252. The van der Waals surface area contributed by atoms with Gasteiger partial charge in [0.05, 0.1) is 0 Å². The predicted molar refractivity (Wildman–Crippen MR) is 31.8 cm³/mol. The highest BCUT2D eigenvalue weighted by molar-refractivity contribution is 5.70. The van der Waals surface area contributed by atoms with Gasteiger partial charge in [0, 0.05) is 0 Å². The number of aromatic nitrogens is 2. The van der Waals surface area contributed by atoms with Crippen LogP contribution in [0, 0.1) is 0 Å². The molecule has 1 heterocycles. The first-order valence-corrected chi connectivity index (χ1v) is 2.06. The van der Waals surface area contributed by atoms with Gasteiger partial charge in [0.2, 0.25) is 0 Å². The molecule has 1 aromatic rings. The lowest BCUT2D eigenvalue weighted by Crippen LogP contribution is -1.94. The van der Waals surface area contributed by atoms with Crippen molar-refractivity contribution in [3.8, 4) is 0 Å². The van der Waals surface area contributed by atoms with Gasteiger partial charge < -0.3 is 17.2 Å². The van der Waals surface area contributed by atoms with E-state index in [9.17, 15) is 0 Å². The summed E-state index contributed by atoms with van der Waals surface area (Å²) in [5, 5.41) is 5.93. The molecule has 8 heavy (non-hydrogen) atoms. The minimum absolute atomic E-state index is 0.252. The Morgan fingerprint density at radius 1 is 1.25 bits per heavy atom. The normalized spacial score (nSPS) is 9.50. The number of nitrogens with two attached hydrogens (primary N) is 3. The molecule has 0 amide bonds. The highest BCUT2D eigenvalue weighted by atomic mass is 15.2. The molecule has 0 atom stereocenters. The fourth-order valence-electron chi connectivity index (χ4n) is 0.379. The van der Waals surface area contributed by atoms with Gasteiger partial charge >= 0.3 is 0 Å². The van der Waals surface area contributed by atoms with Crippen molar-refractivity contribution in [3.05, 3.63) is 0 Å². The molecule has 0 aliphatic rings. The van der Waals surface area contributed by atoms with E-state index in [1.165, 1.54) is 0 Å². The van der Waals surface area contributed by atoms with E-state index in [0.29, 0.717) is 11.5 Å². The third-order valence-electron chi connectivity index (χ3n) is 0.863. The van der Waals surface area contributed by atoms with E-state index >= 15 is 0 Å². The number of aromatic amines is 1. The first-order valence-electron chi connectivity index (χ1n) is 2.06. The van der Waals surface area contributed by atoms with Crippen LogP contribution in [-0.4, -0.2) is 10.2 Å². The molecule has 0 fully saturated rings. The van der Waals surface area contributed by atoms with Crippen LogP contribution in [0.3, 0.4) is 0 Å². The standard InChI is InChI=1S/C3H7N5/c4-1-2(5)7-8-3(1)6/h4H2,(H5,5,6,7,8). The average molecular weight is 113 g/mol. The molecule has 0 saturated heterocycles. The number of nitrogen functional groups attached to an aromatic ring is 3. The van der Waals surface area contributed by atoms with Crippen LogP contribution in [0.1, 0.15) is 0 Å². The third kappa shape index (κ3) is 0.446. The molecule has 7 N–H and O–H groups in total. The van der Waals surface area contributed by atoms with Crippen molar-refractivity contribution in [2.75, 3.05) is 17.2 Å². The van der Waals surface area contributed by atoms with E-state index in [1.54, 1.807) is 0 Å². The summed E-state index contributed by atoms with van der Waals surface area (Å²) in [7, 11) is 0. The highest BCUT2D eigenvalue weighted by Crippen LogP contribution is 2.15. The molecule has 5 nitrogen and oxygen atoms in total. The lowest BCUT2D eigenvalue weighted by atomic mass is 10.5. The second-order valence-electron chi connectivity index (χ2n) is 1.44. The van der Waals surface area contributed by atoms with Crippen molar-refractivity contribution in [3.63, 3.8) is 0 Å². The largest absolute Gasteiger partial charge is 0.393 e. The molecule has 0 radical (unpaired) electrons. The van der Waals surface area contributed by atoms with Crippen LogP contribution in [0.2, 0.25) is 0 Å². The summed E-state index contributed by atoms with van der Waals surface area (Å²) in [4.78, 5) is 0. The monoisotopic (exact) mass is 113 g/mol. The van der Waals surface area contributed by atoms with Crippen molar-refractivity contribution >= 4 is 17.3 Å². The van der Waals surface area contributed by atoms with Gasteiger partial charge in [0.25, 0.3) is 0 Å². The second-order valence-corrected chi connectivity index (χ2v) is 1.44. The number of H-pyrrole nitrogens is 1. The van der Waals surface area contributed by atoms with Crippen LogP contribution in [0.5, 0.6) is 0 Å². The number of anilines is 3. The van der Waals surface area contributed by atoms with Crippen molar-refractivity contribution < 1.29 is 0 Å². The Morgan fingerprint density at radius 2 is 1.88 bits per heavy atom. The molecule has 1 aromatic heterocycles. The fourth-order valence-corrected chi connectivity index (χ4v) is 0.379. The lowest BCUT2D eigenvalue weighted by molar-refractivity contribution is 1.11. The molecule has 5 heteroatoms. The molecule has 0 aliphatic heterocycles. The number of hydrogen-bond donors (Lipinski definition) is 4. The molecule has 1 rings (SSSR count). The van der Waals surface area contributed by atoms with Gasteiger partial charge in [0.15, 0.2) is 5.82 Å². The van der Waals surface area contributed by atoms with E-state index in [1.807, 2.05) is 0 Å². The quantitative estimate of drug-likeness (QED) is 0.351. The maximum Gasteiger partial charge on any atom is 0.170 e. The summed E-state index contributed by atoms with van der Waals surface area (Å²) >= 11 is 0. The van der Waals surface area contributed by atoms with Gasteiger partial charge in [-0.3, -0.25) is 5.10 Å². The molecular weight excluding hydrogens is 106 g/mol. The van der Waals surface area contributed by atoms with Crippen molar-refractivity contribution in [1.29, 1.82) is 0 Å². The Labute approximate surface area is 45.8 Å². The van der Waals surface area contributed by atoms with Crippen LogP contribution in [0.15, 0.2) is 0 Å². The maximum atomic E-state index is 5.26. The van der Waals surface area contributed by atoms with Crippen molar-refractivity contribution in [1.82, 2.24) is 10.2 Å². The summed E-state index contributed by atoms with van der Waals surface area (Å²) in [5.74, 6) is 0.574. The van der Waals surface area contributed by atoms with Gasteiger partial charge in [-0.15, -0.1) is 0 Å². The van der Waals surface area contributed by atoms with Crippen LogP contribution < -0.4 is 17.2 Å². The van der Waals surface area contributed by atoms with E-state index < -0.39 is 0 Å². The first kappa shape index (κ1) is 4.76. The molecule has 0 bridgehead atoms. The van der Waals surface area contributed by atoms with Gasteiger partial charge in [-0.05, 0) is 0 Å². The second kappa shape index (κ2) is 1.29. The molecule has 0 saturated carbocycles. The zero-order chi connectivity index (χ0) is 6.15. The number of nitrogens with one attached hydrogen (secondary N) is 1. The molecule has 44 valence electrons. The van der Waals surface area contributed by atoms with E-state index in [2.05, 4.69) is 10.2 Å². The van der Waals surface area contributed by atoms with Gasteiger partial charge in [-0.25, -0.2) is 0 Å². The Morgan fingerprint density at radius 3 is 2.00 bits per heavy atom. The minimum Gasteiger partial charge on any atom is -0.393 e. The van der Waals surface area contributed by atoms with Gasteiger partial charge in [-0.1, -0.05) is 0 Å². The molecule has 0 aromatic carbocycles. The third-order valence-corrected chi connectivity index (χ3v) is 0.863. The van der Waals surface area contributed by atoms with Crippen LogP contribution in [-0.2, 0) is 0 Å².